The molecule has 0 rings (SSSR count). The zero-order valence-corrected chi connectivity index (χ0v) is 42.6. The quantitative estimate of drug-likeness (QED) is 0.0321. The topological polar surface area (TPSA) is 95.9 Å². The fourth-order valence-electron chi connectivity index (χ4n) is 7.84. The van der Waals surface area contributed by atoms with Crippen LogP contribution in [-0.2, 0) is 14.3 Å². The number of amides is 1. The molecule has 0 aliphatic heterocycles. The van der Waals surface area contributed by atoms with Crippen LogP contribution in [0.2, 0.25) is 0 Å². The smallest absolute Gasteiger partial charge is 0.306 e. The van der Waals surface area contributed by atoms with Crippen molar-refractivity contribution in [3.63, 3.8) is 0 Å². The van der Waals surface area contributed by atoms with Crippen molar-refractivity contribution in [1.29, 1.82) is 0 Å². The second kappa shape index (κ2) is 52.0. The number of carbonyl (C=O) groups is 2. The van der Waals surface area contributed by atoms with Crippen LogP contribution in [0.25, 0.3) is 0 Å². The summed E-state index contributed by atoms with van der Waals surface area (Å²) in [4.78, 5) is 26.2. The Hall–Kier alpha value is -2.96. The van der Waals surface area contributed by atoms with E-state index in [1.54, 1.807) is 0 Å². The molecule has 0 bridgehead atoms. The molecule has 0 aliphatic carbocycles. The molecule has 374 valence electrons. The van der Waals surface area contributed by atoms with E-state index in [-0.39, 0.29) is 24.9 Å². The molecule has 0 aromatic carbocycles. The first-order chi connectivity index (χ1) is 32.0. The number of hydrogen-bond donors (Lipinski definition) is 3. The van der Waals surface area contributed by atoms with Gasteiger partial charge in [0.2, 0.25) is 5.91 Å². The Morgan fingerprint density at radius 1 is 0.477 bits per heavy atom. The fraction of sp³-hybridized carbons (Fsp3) is 0.729. The number of rotatable bonds is 48. The van der Waals surface area contributed by atoms with Crippen molar-refractivity contribution in [3.05, 3.63) is 85.1 Å². The summed E-state index contributed by atoms with van der Waals surface area (Å²) in [6.07, 6.45) is 68.0. The maximum Gasteiger partial charge on any atom is 0.306 e. The van der Waals surface area contributed by atoms with Crippen molar-refractivity contribution in [2.75, 3.05) is 6.61 Å². The molecule has 3 atom stereocenters. The SMILES string of the molecule is CC/C=C\C/C=C\C/C=C\C/C=C\C/C=C\CC(CC(=O)NC(CO)C(O)CCCCCCCCCCCCCCCC)OC(=O)CCCCCCCCC/C=C\C/C=C\CCCCC. The van der Waals surface area contributed by atoms with Gasteiger partial charge in [0.25, 0.3) is 0 Å². The predicted octanol–water partition coefficient (Wildman–Crippen LogP) is 16.7. The summed E-state index contributed by atoms with van der Waals surface area (Å²) in [5, 5.41) is 23.8. The van der Waals surface area contributed by atoms with E-state index in [9.17, 15) is 19.8 Å². The van der Waals surface area contributed by atoms with Crippen molar-refractivity contribution >= 4 is 11.9 Å². The van der Waals surface area contributed by atoms with Gasteiger partial charge in [0.1, 0.15) is 6.10 Å². The lowest BCUT2D eigenvalue weighted by atomic mass is 10.0. The Balaban J connectivity index is 4.70. The van der Waals surface area contributed by atoms with Crippen LogP contribution >= 0.6 is 0 Å². The number of unbranched alkanes of at least 4 members (excludes halogenated alkanes) is 23. The number of nitrogens with one attached hydrogen (secondary N) is 1. The summed E-state index contributed by atoms with van der Waals surface area (Å²) in [6, 6.07) is -0.738. The number of allylic oxidation sites excluding steroid dienone is 13. The maximum absolute atomic E-state index is 13.2. The van der Waals surface area contributed by atoms with Crippen LogP contribution in [-0.4, -0.2) is 46.9 Å². The second-order valence-electron chi connectivity index (χ2n) is 18.3. The lowest BCUT2D eigenvalue weighted by molar-refractivity contribution is -0.150. The van der Waals surface area contributed by atoms with E-state index in [2.05, 4.69) is 99.0 Å². The number of aliphatic hydroxyl groups excluding tert-OH is 2. The summed E-state index contributed by atoms with van der Waals surface area (Å²) >= 11 is 0. The summed E-state index contributed by atoms with van der Waals surface area (Å²) in [7, 11) is 0. The molecule has 0 heterocycles. The normalized spacial score (nSPS) is 13.9. The monoisotopic (exact) mass is 906 g/mol. The van der Waals surface area contributed by atoms with Crippen molar-refractivity contribution in [2.24, 2.45) is 0 Å². The Morgan fingerprint density at radius 2 is 0.862 bits per heavy atom. The molecule has 3 unspecified atom stereocenters. The second-order valence-corrected chi connectivity index (χ2v) is 18.3. The molecule has 0 saturated carbocycles. The van der Waals surface area contributed by atoms with Crippen molar-refractivity contribution < 1.29 is 24.5 Å². The lowest BCUT2D eigenvalue weighted by Crippen LogP contribution is -2.46. The Labute approximate surface area is 402 Å². The van der Waals surface area contributed by atoms with Crippen molar-refractivity contribution in [2.45, 2.75) is 270 Å². The summed E-state index contributed by atoms with van der Waals surface area (Å²) in [6.45, 7) is 6.32. The van der Waals surface area contributed by atoms with Crippen LogP contribution in [0.1, 0.15) is 252 Å². The number of carbonyl (C=O) groups excluding carboxylic acids is 2. The molecule has 0 aliphatic rings. The van der Waals surface area contributed by atoms with Gasteiger partial charge < -0.3 is 20.3 Å². The van der Waals surface area contributed by atoms with Gasteiger partial charge in [0.05, 0.1) is 25.2 Å². The first kappa shape index (κ1) is 62.0. The number of ether oxygens (including phenoxy) is 1. The van der Waals surface area contributed by atoms with E-state index in [0.29, 0.717) is 19.3 Å². The molecular formula is C59H103NO5. The summed E-state index contributed by atoms with van der Waals surface area (Å²) in [5.41, 5.74) is 0. The average molecular weight is 906 g/mol. The maximum atomic E-state index is 13.2. The highest BCUT2D eigenvalue weighted by atomic mass is 16.5. The molecule has 0 radical (unpaired) electrons. The van der Waals surface area contributed by atoms with E-state index in [1.165, 1.54) is 122 Å². The van der Waals surface area contributed by atoms with Crippen LogP contribution < -0.4 is 5.32 Å². The van der Waals surface area contributed by atoms with Gasteiger partial charge in [-0.1, -0.05) is 241 Å². The summed E-state index contributed by atoms with van der Waals surface area (Å²) < 4.78 is 5.88. The van der Waals surface area contributed by atoms with Crippen molar-refractivity contribution in [1.82, 2.24) is 5.32 Å². The Kier molecular flexibility index (Phi) is 49.6. The number of hydrogen-bond acceptors (Lipinski definition) is 5. The minimum absolute atomic E-state index is 0.00688. The Morgan fingerprint density at radius 3 is 1.34 bits per heavy atom. The number of esters is 1. The van der Waals surface area contributed by atoms with Gasteiger partial charge >= 0.3 is 5.97 Å². The molecule has 6 heteroatoms. The molecule has 0 fully saturated rings. The average Bonchev–Trinajstić information content (AvgIpc) is 3.30. The molecule has 0 aromatic rings. The Bertz CT molecular complexity index is 1250. The minimum Gasteiger partial charge on any atom is -0.461 e. The molecule has 0 saturated heterocycles. The third-order valence-corrected chi connectivity index (χ3v) is 12.0. The third-order valence-electron chi connectivity index (χ3n) is 12.0. The van der Waals surface area contributed by atoms with Gasteiger partial charge in [-0.25, -0.2) is 0 Å². The zero-order valence-electron chi connectivity index (χ0n) is 42.6. The van der Waals surface area contributed by atoms with Crippen LogP contribution in [0.15, 0.2) is 85.1 Å². The van der Waals surface area contributed by atoms with E-state index in [4.69, 9.17) is 4.74 Å². The first-order valence-electron chi connectivity index (χ1n) is 27.3. The van der Waals surface area contributed by atoms with E-state index >= 15 is 0 Å². The molecule has 0 aromatic heterocycles. The fourth-order valence-corrected chi connectivity index (χ4v) is 7.84. The van der Waals surface area contributed by atoms with Gasteiger partial charge in [-0.3, -0.25) is 9.59 Å². The van der Waals surface area contributed by atoms with Gasteiger partial charge in [-0.2, -0.15) is 0 Å². The highest BCUT2D eigenvalue weighted by Gasteiger charge is 2.23. The van der Waals surface area contributed by atoms with Crippen molar-refractivity contribution in [3.8, 4) is 0 Å². The highest BCUT2D eigenvalue weighted by molar-refractivity contribution is 5.77. The highest BCUT2D eigenvalue weighted by Crippen LogP contribution is 2.16. The van der Waals surface area contributed by atoms with Crippen LogP contribution in [0.4, 0.5) is 0 Å². The van der Waals surface area contributed by atoms with E-state index in [1.807, 2.05) is 12.2 Å². The number of aliphatic hydroxyl groups is 2. The van der Waals surface area contributed by atoms with Crippen LogP contribution in [0.3, 0.4) is 0 Å². The lowest BCUT2D eigenvalue weighted by Gasteiger charge is -2.24. The van der Waals surface area contributed by atoms with E-state index in [0.717, 1.165) is 83.5 Å². The molecule has 0 spiro atoms. The van der Waals surface area contributed by atoms with Gasteiger partial charge in [0.15, 0.2) is 0 Å². The van der Waals surface area contributed by atoms with Gasteiger partial charge in [-0.15, -0.1) is 0 Å². The molecular weight excluding hydrogens is 803 g/mol. The van der Waals surface area contributed by atoms with Gasteiger partial charge in [-0.05, 0) is 77.0 Å². The van der Waals surface area contributed by atoms with Crippen LogP contribution in [0, 0.1) is 0 Å². The molecule has 3 N–H and O–H groups in total. The van der Waals surface area contributed by atoms with Gasteiger partial charge in [0, 0.05) is 12.8 Å². The molecule has 1 amide bonds. The van der Waals surface area contributed by atoms with Crippen LogP contribution in [0.5, 0.6) is 0 Å². The predicted molar refractivity (Wildman–Crippen MR) is 282 cm³/mol. The summed E-state index contributed by atoms with van der Waals surface area (Å²) in [5.74, 6) is -0.589. The zero-order chi connectivity index (χ0) is 47.4. The standard InChI is InChI=1S/C59H103NO5/c1-4-7-10-13-16-19-22-25-28-29-31-34-37-40-43-46-49-52-59(64)65-55(50-47-44-41-38-35-32-30-26-23-20-17-14-11-8-5-2)53-58(63)60-56(54-61)57(62)51-48-45-42-39-36-33-27-24-21-18-15-12-9-6-3/h8,11,16-17,19-20,25-26,28,30,35,38,44,47,55-57,61-62H,4-7,9-10,12-15,18,21-24,27,29,31-34,36-37,39-43,45-46,48-54H2,1-3H3,(H,60,63)/b11-8-,19-16-,20-17-,28-25-,30-26-,38-35-,47-44-. The minimum atomic E-state index is -0.817. The first-order valence-corrected chi connectivity index (χ1v) is 27.3. The molecule has 65 heavy (non-hydrogen) atoms. The van der Waals surface area contributed by atoms with E-state index < -0.39 is 18.2 Å². The molecule has 6 nitrogen and oxygen atoms in total. The largest absolute Gasteiger partial charge is 0.461 e. The third kappa shape index (κ3) is 47.3.